The number of carbonyl (C=O) groups is 1. The molecule has 0 heterocycles. The quantitative estimate of drug-likeness (QED) is 0.240. The molecule has 0 N–H and O–H groups in total. The average molecular weight is 176 g/mol. The molecule has 0 spiro atoms. The molecule has 1 rings (SSSR count). The van der Waals surface area contributed by atoms with Crippen LogP contribution in [0.3, 0.4) is 0 Å². The van der Waals surface area contributed by atoms with Crippen LogP contribution in [-0.2, 0) is 4.79 Å². The van der Waals surface area contributed by atoms with E-state index in [1.54, 1.807) is 0 Å². The second-order valence-electron chi connectivity index (χ2n) is 3.44. The van der Waals surface area contributed by atoms with Crippen LogP contribution in [0.15, 0.2) is 11.8 Å². The van der Waals surface area contributed by atoms with Crippen LogP contribution in [0.2, 0.25) is 0 Å². The zero-order chi connectivity index (χ0) is 8.43. The number of rotatable bonds is 0. The van der Waals surface area contributed by atoms with Gasteiger partial charge >= 0.3 is 29.6 Å². The zero-order valence-electron chi connectivity index (χ0n) is 7.96. The third-order valence-corrected chi connectivity index (χ3v) is 2.27. The molecule has 1 aliphatic rings. The minimum Gasteiger partial charge on any atom is -0.878 e. The van der Waals surface area contributed by atoms with Gasteiger partial charge in [-0.1, -0.05) is 13.8 Å². The Kier molecular flexibility index (Phi) is 5.14. The fourth-order valence-electron chi connectivity index (χ4n) is 1.70. The molecule has 1 fully saturated rings. The molecule has 0 aliphatic heterocycles. The predicted molar refractivity (Wildman–Crippen MR) is 40.7 cm³/mol. The molecule has 2 nitrogen and oxygen atoms in total. The van der Waals surface area contributed by atoms with Crippen LogP contribution in [-0.4, -0.2) is 5.78 Å². The number of carbonyl (C=O) groups excluding carboxylic acids is 1. The monoisotopic (exact) mass is 176 g/mol. The normalized spacial score (nSPS) is 33.2. The van der Waals surface area contributed by atoms with Crippen molar-refractivity contribution < 1.29 is 39.5 Å². The van der Waals surface area contributed by atoms with E-state index >= 15 is 0 Å². The van der Waals surface area contributed by atoms with Crippen molar-refractivity contribution in [3.63, 3.8) is 0 Å². The van der Waals surface area contributed by atoms with Gasteiger partial charge in [-0.15, -0.1) is 6.26 Å². The molecule has 2 atom stereocenters. The van der Waals surface area contributed by atoms with Gasteiger partial charge in [0, 0.05) is 6.42 Å². The van der Waals surface area contributed by atoms with Crippen molar-refractivity contribution in [2.75, 3.05) is 0 Å². The Morgan fingerprint density at radius 3 is 2.50 bits per heavy atom. The molecule has 1 saturated carbocycles. The van der Waals surface area contributed by atoms with Gasteiger partial charge in [-0.3, -0.25) is 4.79 Å². The van der Waals surface area contributed by atoms with Gasteiger partial charge in [-0.25, -0.2) is 0 Å². The second-order valence-corrected chi connectivity index (χ2v) is 3.44. The van der Waals surface area contributed by atoms with Crippen LogP contribution in [0.4, 0.5) is 0 Å². The van der Waals surface area contributed by atoms with Crippen LogP contribution in [0, 0.1) is 11.8 Å². The molecule has 0 aromatic rings. The molecular weight excluding hydrogens is 163 g/mol. The average Bonchev–Trinajstić information content (AvgIpc) is 1.85. The topological polar surface area (TPSA) is 40.1 Å². The summed E-state index contributed by atoms with van der Waals surface area (Å²) in [5.74, 6) is 0.663. The second kappa shape index (κ2) is 5.05. The van der Waals surface area contributed by atoms with Crippen molar-refractivity contribution in [1.82, 2.24) is 0 Å². The molecule has 12 heavy (non-hydrogen) atoms. The van der Waals surface area contributed by atoms with Gasteiger partial charge in [-0.2, -0.15) is 0 Å². The molecule has 0 amide bonds. The van der Waals surface area contributed by atoms with Crippen LogP contribution < -0.4 is 34.7 Å². The summed E-state index contributed by atoms with van der Waals surface area (Å²) in [7, 11) is 0. The smallest absolute Gasteiger partial charge is 0.878 e. The minimum absolute atomic E-state index is 0. The summed E-state index contributed by atoms with van der Waals surface area (Å²) in [6.45, 7) is 3.99. The van der Waals surface area contributed by atoms with Crippen LogP contribution in [0.25, 0.3) is 0 Å². The first-order chi connectivity index (χ1) is 5.15. The Morgan fingerprint density at radius 2 is 2.08 bits per heavy atom. The minimum atomic E-state index is 0. The Bertz CT molecular complexity index is 199. The number of Topliss-reactive ketones (excluding diaryl/α,β-unsaturated/α-hetero) is 1. The molecule has 2 unspecified atom stereocenters. The maximum Gasteiger partial charge on any atom is 1.00 e. The van der Waals surface area contributed by atoms with E-state index in [4.69, 9.17) is 0 Å². The van der Waals surface area contributed by atoms with Crippen molar-refractivity contribution in [1.29, 1.82) is 0 Å². The molecule has 1 aliphatic carbocycles. The van der Waals surface area contributed by atoms with Crippen molar-refractivity contribution in [3.8, 4) is 0 Å². The van der Waals surface area contributed by atoms with Crippen LogP contribution in [0.5, 0.6) is 0 Å². The Morgan fingerprint density at radius 1 is 1.50 bits per heavy atom. The summed E-state index contributed by atoms with van der Waals surface area (Å²) >= 11 is 0. The molecule has 0 radical (unpaired) electrons. The Balaban J connectivity index is 0.00000121. The van der Waals surface area contributed by atoms with E-state index in [0.29, 0.717) is 17.9 Å². The summed E-state index contributed by atoms with van der Waals surface area (Å²) in [6, 6.07) is 0. The van der Waals surface area contributed by atoms with Crippen LogP contribution in [0.1, 0.15) is 26.7 Å². The van der Waals surface area contributed by atoms with Gasteiger partial charge < -0.3 is 5.11 Å². The van der Waals surface area contributed by atoms with Crippen LogP contribution >= 0.6 is 0 Å². The largest absolute Gasteiger partial charge is 1.00 e. The predicted octanol–water partition coefficient (Wildman–Crippen LogP) is -2.13. The van der Waals surface area contributed by atoms with Crippen molar-refractivity contribution >= 4 is 5.78 Å². The summed E-state index contributed by atoms with van der Waals surface area (Å²) in [6.07, 6.45) is 2.25. The van der Waals surface area contributed by atoms with Crippen molar-refractivity contribution in [2.45, 2.75) is 26.7 Å². The van der Waals surface area contributed by atoms with Crippen molar-refractivity contribution in [3.05, 3.63) is 11.8 Å². The van der Waals surface area contributed by atoms with Gasteiger partial charge in [0.15, 0.2) is 5.78 Å². The fourth-order valence-corrected chi connectivity index (χ4v) is 1.70. The first-order valence-electron chi connectivity index (χ1n) is 4.00. The SMILES string of the molecule is CC1CC(=O)C(=C[O-])C(C)C1.[Na+]. The van der Waals surface area contributed by atoms with Crippen molar-refractivity contribution in [2.24, 2.45) is 11.8 Å². The van der Waals surface area contributed by atoms with Gasteiger partial charge in [0.2, 0.25) is 0 Å². The number of allylic oxidation sites excluding steroid dienone is 1. The molecule has 0 aromatic carbocycles. The number of hydrogen-bond donors (Lipinski definition) is 0. The van der Waals surface area contributed by atoms with Gasteiger partial charge in [0.1, 0.15) is 0 Å². The maximum atomic E-state index is 11.2. The third-order valence-electron chi connectivity index (χ3n) is 2.27. The van der Waals surface area contributed by atoms with E-state index in [-0.39, 0.29) is 41.3 Å². The maximum absolute atomic E-state index is 11.2. The van der Waals surface area contributed by atoms with E-state index in [2.05, 4.69) is 6.92 Å². The van der Waals surface area contributed by atoms with E-state index in [0.717, 1.165) is 12.7 Å². The Hall–Kier alpha value is 0.210. The van der Waals surface area contributed by atoms with E-state index in [1.165, 1.54) is 0 Å². The molecule has 0 aromatic heterocycles. The van der Waals surface area contributed by atoms with E-state index in [1.807, 2.05) is 6.92 Å². The van der Waals surface area contributed by atoms with E-state index in [9.17, 15) is 9.90 Å². The van der Waals surface area contributed by atoms with Gasteiger partial charge in [-0.05, 0) is 23.8 Å². The summed E-state index contributed by atoms with van der Waals surface area (Å²) in [5.41, 5.74) is 0.489. The zero-order valence-corrected chi connectivity index (χ0v) is 9.96. The Labute approximate surface area is 95.3 Å². The molecule has 3 heteroatoms. The molecule has 0 saturated heterocycles. The summed E-state index contributed by atoms with van der Waals surface area (Å²) in [4.78, 5) is 11.2. The third kappa shape index (κ3) is 2.61. The first-order valence-corrected chi connectivity index (χ1v) is 4.00. The fraction of sp³-hybridized carbons (Fsp3) is 0.667. The molecule has 0 bridgehead atoms. The number of hydrogen-bond acceptors (Lipinski definition) is 2. The summed E-state index contributed by atoms with van der Waals surface area (Å²) < 4.78 is 0. The standard InChI is InChI=1S/C9H14O2.Na/c1-6-3-7(2)8(5-10)9(11)4-6;/h5-7,10H,3-4H2,1-2H3;/q;+1/p-1. The van der Waals surface area contributed by atoms with Gasteiger partial charge in [0.25, 0.3) is 0 Å². The number of ketones is 1. The van der Waals surface area contributed by atoms with Gasteiger partial charge in [0.05, 0.1) is 0 Å². The molecular formula is C9H13NaO2. The molecule has 62 valence electrons. The first kappa shape index (κ1) is 12.2. The van der Waals surface area contributed by atoms with E-state index < -0.39 is 0 Å². The summed E-state index contributed by atoms with van der Waals surface area (Å²) in [5, 5.41) is 10.4.